The second kappa shape index (κ2) is 6.14. The molecule has 1 N–H and O–H groups in total. The van der Waals surface area contributed by atoms with Gasteiger partial charge in [-0.3, -0.25) is 0 Å². The molecule has 0 amide bonds. The van der Waals surface area contributed by atoms with Crippen molar-refractivity contribution in [3.8, 4) is 0 Å². The Labute approximate surface area is 134 Å². The first-order valence-corrected chi connectivity index (χ1v) is 8.56. The van der Waals surface area contributed by atoms with Crippen molar-refractivity contribution in [2.45, 2.75) is 51.7 Å². The van der Waals surface area contributed by atoms with E-state index < -0.39 is 0 Å². The predicted molar refractivity (Wildman–Crippen MR) is 87.8 cm³/mol. The fourth-order valence-electron chi connectivity index (χ4n) is 2.30. The van der Waals surface area contributed by atoms with Crippen LogP contribution in [-0.4, -0.2) is 46.6 Å². The van der Waals surface area contributed by atoms with Gasteiger partial charge in [0.25, 0.3) is 0 Å². The molecule has 122 valence electrons. The van der Waals surface area contributed by atoms with Crippen LogP contribution in [0.15, 0.2) is 6.20 Å². The average Bonchev–Trinajstić information content (AvgIpc) is 3.10. The lowest BCUT2D eigenvalue weighted by atomic mass is 9.93. The molecule has 0 aromatic carbocycles. The van der Waals surface area contributed by atoms with Crippen molar-refractivity contribution in [2.24, 2.45) is 0 Å². The molecule has 0 saturated carbocycles. The third-order valence-corrected chi connectivity index (χ3v) is 4.51. The topological polar surface area (TPSA) is 60.7 Å². The van der Waals surface area contributed by atoms with Gasteiger partial charge in [-0.25, -0.2) is 9.50 Å². The van der Waals surface area contributed by atoms with Crippen molar-refractivity contribution < 1.29 is 9.47 Å². The Bertz CT molecular complexity index is 594. The zero-order chi connectivity index (χ0) is 15.7. The van der Waals surface area contributed by atoms with Gasteiger partial charge in [-0.15, -0.1) is 5.10 Å². The zero-order valence-electron chi connectivity index (χ0n) is 13.6. The van der Waals surface area contributed by atoms with Gasteiger partial charge in [-0.1, -0.05) is 32.1 Å². The van der Waals surface area contributed by atoms with Crippen LogP contribution in [0.2, 0.25) is 0 Å². The average molecular weight is 324 g/mol. The maximum atomic E-state index is 5.82. The van der Waals surface area contributed by atoms with Crippen molar-refractivity contribution in [3.63, 3.8) is 0 Å². The second-order valence-corrected chi connectivity index (χ2v) is 7.83. The summed E-state index contributed by atoms with van der Waals surface area (Å²) >= 11 is 1.57. The molecule has 3 rings (SSSR count). The second-order valence-electron chi connectivity index (χ2n) is 6.87. The molecule has 1 aliphatic heterocycles. The molecule has 0 aliphatic carbocycles. The standard InChI is InChI=1S/C15H24N4O2S/c1-10(8-21-11-5-6-20-9-11)16-13-18-19-7-12(15(2,3)4)17-14(19)22-13/h7,10-11H,5-6,8-9H2,1-4H3,(H,16,18). The van der Waals surface area contributed by atoms with E-state index in [-0.39, 0.29) is 17.6 Å². The fourth-order valence-corrected chi connectivity index (χ4v) is 3.19. The number of rotatable bonds is 5. The summed E-state index contributed by atoms with van der Waals surface area (Å²) in [4.78, 5) is 5.57. The predicted octanol–water partition coefficient (Wildman–Crippen LogP) is 2.69. The molecular formula is C15H24N4O2S. The Balaban J connectivity index is 1.57. The van der Waals surface area contributed by atoms with Gasteiger partial charge in [-0.05, 0) is 13.3 Å². The SMILES string of the molecule is CC(COC1CCOC1)Nc1nn2cc(C(C)(C)C)nc2s1. The number of ether oxygens (including phenoxy) is 2. The van der Waals surface area contributed by atoms with Crippen LogP contribution < -0.4 is 5.32 Å². The van der Waals surface area contributed by atoms with Gasteiger partial charge in [0, 0.05) is 18.1 Å². The minimum absolute atomic E-state index is 0.0471. The van der Waals surface area contributed by atoms with E-state index in [1.807, 2.05) is 10.7 Å². The molecule has 1 fully saturated rings. The highest BCUT2D eigenvalue weighted by atomic mass is 32.1. The summed E-state index contributed by atoms with van der Waals surface area (Å²) in [6, 6.07) is 0.207. The summed E-state index contributed by atoms with van der Waals surface area (Å²) in [5.74, 6) is 0. The summed E-state index contributed by atoms with van der Waals surface area (Å²) in [6.07, 6.45) is 3.24. The Morgan fingerprint density at radius 3 is 3.00 bits per heavy atom. The normalized spacial score (nSPS) is 20.6. The molecule has 7 heteroatoms. The highest BCUT2D eigenvalue weighted by Crippen LogP contribution is 2.26. The van der Waals surface area contributed by atoms with E-state index in [1.165, 1.54) is 0 Å². The van der Waals surface area contributed by atoms with Crippen molar-refractivity contribution in [2.75, 3.05) is 25.1 Å². The van der Waals surface area contributed by atoms with Crippen molar-refractivity contribution in [1.82, 2.24) is 14.6 Å². The number of nitrogens with zero attached hydrogens (tertiary/aromatic N) is 3. The summed E-state index contributed by atoms with van der Waals surface area (Å²) in [5.41, 5.74) is 1.11. The lowest BCUT2D eigenvalue weighted by Crippen LogP contribution is -2.25. The third-order valence-electron chi connectivity index (χ3n) is 3.65. The monoisotopic (exact) mass is 324 g/mol. The molecule has 0 bridgehead atoms. The van der Waals surface area contributed by atoms with Crippen LogP contribution in [0, 0.1) is 0 Å². The van der Waals surface area contributed by atoms with Crippen LogP contribution in [0.1, 0.15) is 39.8 Å². The number of nitrogens with one attached hydrogen (secondary N) is 1. The zero-order valence-corrected chi connectivity index (χ0v) is 14.4. The first kappa shape index (κ1) is 15.7. The molecule has 2 unspecified atom stereocenters. The number of hydrogen-bond acceptors (Lipinski definition) is 6. The van der Waals surface area contributed by atoms with Crippen LogP contribution >= 0.6 is 11.3 Å². The first-order chi connectivity index (χ1) is 10.4. The van der Waals surface area contributed by atoms with Gasteiger partial charge in [0.1, 0.15) is 0 Å². The van der Waals surface area contributed by atoms with E-state index in [4.69, 9.17) is 9.47 Å². The Morgan fingerprint density at radius 1 is 1.55 bits per heavy atom. The van der Waals surface area contributed by atoms with E-state index in [1.54, 1.807) is 11.3 Å². The fraction of sp³-hybridized carbons (Fsp3) is 0.733. The number of fused-ring (bicyclic) bond motifs is 1. The van der Waals surface area contributed by atoms with E-state index in [9.17, 15) is 0 Å². The number of aromatic nitrogens is 3. The van der Waals surface area contributed by atoms with Crippen molar-refractivity contribution in [1.29, 1.82) is 0 Å². The maximum Gasteiger partial charge on any atom is 0.214 e. The van der Waals surface area contributed by atoms with Gasteiger partial charge in [0.05, 0.1) is 31.2 Å². The lowest BCUT2D eigenvalue weighted by molar-refractivity contribution is 0.0395. The largest absolute Gasteiger partial charge is 0.379 e. The molecule has 6 nitrogen and oxygen atoms in total. The molecule has 3 heterocycles. The highest BCUT2D eigenvalue weighted by molar-refractivity contribution is 7.20. The van der Waals surface area contributed by atoms with Crippen LogP contribution in [-0.2, 0) is 14.9 Å². The minimum atomic E-state index is 0.0471. The molecule has 1 saturated heterocycles. The molecule has 0 radical (unpaired) electrons. The number of anilines is 1. The van der Waals surface area contributed by atoms with Crippen LogP contribution in [0.4, 0.5) is 5.13 Å². The molecule has 2 atom stereocenters. The molecule has 0 spiro atoms. The summed E-state index contributed by atoms with van der Waals surface area (Å²) in [5, 5.41) is 8.80. The summed E-state index contributed by atoms with van der Waals surface area (Å²) in [7, 11) is 0. The van der Waals surface area contributed by atoms with E-state index >= 15 is 0 Å². The van der Waals surface area contributed by atoms with E-state index in [0.717, 1.165) is 28.8 Å². The summed E-state index contributed by atoms with van der Waals surface area (Å²) in [6.45, 7) is 10.8. The molecule has 2 aromatic rings. The maximum absolute atomic E-state index is 5.82. The molecule has 2 aromatic heterocycles. The lowest BCUT2D eigenvalue weighted by Gasteiger charge is -2.16. The van der Waals surface area contributed by atoms with Gasteiger partial charge >= 0.3 is 0 Å². The van der Waals surface area contributed by atoms with Gasteiger partial charge in [0.15, 0.2) is 0 Å². The summed E-state index contributed by atoms with van der Waals surface area (Å²) < 4.78 is 13.0. The van der Waals surface area contributed by atoms with Crippen LogP contribution in [0.3, 0.4) is 0 Å². The number of imidazole rings is 1. The van der Waals surface area contributed by atoms with Crippen molar-refractivity contribution in [3.05, 3.63) is 11.9 Å². The molecular weight excluding hydrogens is 300 g/mol. The number of hydrogen-bond donors (Lipinski definition) is 1. The van der Waals surface area contributed by atoms with E-state index in [2.05, 4.69) is 43.1 Å². The van der Waals surface area contributed by atoms with Gasteiger partial charge < -0.3 is 14.8 Å². The first-order valence-electron chi connectivity index (χ1n) is 7.74. The Kier molecular flexibility index (Phi) is 4.38. The highest BCUT2D eigenvalue weighted by Gasteiger charge is 2.20. The Morgan fingerprint density at radius 2 is 2.36 bits per heavy atom. The van der Waals surface area contributed by atoms with Gasteiger partial charge in [0.2, 0.25) is 10.1 Å². The van der Waals surface area contributed by atoms with Crippen molar-refractivity contribution >= 4 is 21.4 Å². The van der Waals surface area contributed by atoms with E-state index in [0.29, 0.717) is 13.2 Å². The quantitative estimate of drug-likeness (QED) is 0.916. The van der Waals surface area contributed by atoms with Gasteiger partial charge in [-0.2, -0.15) is 0 Å². The molecule has 1 aliphatic rings. The van der Waals surface area contributed by atoms with Crippen LogP contribution in [0.25, 0.3) is 4.96 Å². The smallest absolute Gasteiger partial charge is 0.214 e. The third kappa shape index (κ3) is 3.59. The van der Waals surface area contributed by atoms with Crippen LogP contribution in [0.5, 0.6) is 0 Å². The Hall–Kier alpha value is -1.18. The minimum Gasteiger partial charge on any atom is -0.379 e. The molecule has 22 heavy (non-hydrogen) atoms.